The maximum atomic E-state index is 4.11. The van der Waals surface area contributed by atoms with Crippen molar-refractivity contribution >= 4 is 12.6 Å². The van der Waals surface area contributed by atoms with Crippen molar-refractivity contribution in [1.29, 1.82) is 0 Å². The highest BCUT2D eigenvalue weighted by Gasteiger charge is 1.91. The van der Waals surface area contributed by atoms with Crippen LogP contribution in [0.25, 0.3) is 0 Å². The molecule has 0 aromatic heterocycles. The highest BCUT2D eigenvalue weighted by atomic mass is 32.1. The number of likely N-dealkylation sites (N-methyl/N-ethyl adjacent to an activating group) is 1. The van der Waals surface area contributed by atoms with Gasteiger partial charge in [-0.2, -0.15) is 12.6 Å². The third-order valence-electron chi connectivity index (χ3n) is 1.14. The molecule has 0 radical (unpaired) electrons. The highest BCUT2D eigenvalue weighted by Crippen LogP contribution is 1.88. The van der Waals surface area contributed by atoms with E-state index in [0.717, 1.165) is 25.3 Å². The molecule has 0 fully saturated rings. The van der Waals surface area contributed by atoms with Crippen molar-refractivity contribution in [3.63, 3.8) is 0 Å². The summed E-state index contributed by atoms with van der Waals surface area (Å²) in [6.07, 6.45) is 3.08. The summed E-state index contributed by atoms with van der Waals surface area (Å²) < 4.78 is 0. The van der Waals surface area contributed by atoms with Crippen molar-refractivity contribution < 1.29 is 0 Å². The second-order valence-corrected chi connectivity index (χ2v) is 2.58. The van der Waals surface area contributed by atoms with Crippen molar-refractivity contribution in [1.82, 2.24) is 4.90 Å². The molecule has 0 unspecified atom stereocenters. The zero-order chi connectivity index (χ0) is 7.11. The lowest BCUT2D eigenvalue weighted by molar-refractivity contribution is 0.372. The van der Waals surface area contributed by atoms with Gasteiger partial charge < -0.3 is 4.90 Å². The van der Waals surface area contributed by atoms with Crippen molar-refractivity contribution in [2.45, 2.75) is 6.42 Å². The Morgan fingerprint density at radius 1 is 1.67 bits per heavy atom. The molecule has 0 aliphatic carbocycles. The minimum Gasteiger partial charge on any atom is -0.303 e. The molecule has 0 amide bonds. The second-order valence-electron chi connectivity index (χ2n) is 2.13. The summed E-state index contributed by atoms with van der Waals surface area (Å²) in [6, 6.07) is 0. The van der Waals surface area contributed by atoms with Crippen LogP contribution in [0.15, 0.2) is 12.7 Å². The summed E-state index contributed by atoms with van der Waals surface area (Å²) in [5.74, 6) is 0.974. The first kappa shape index (κ1) is 9.05. The first-order valence-corrected chi connectivity index (χ1v) is 3.84. The number of thiol groups is 1. The minimum atomic E-state index is 0.974. The Morgan fingerprint density at radius 2 is 2.33 bits per heavy atom. The van der Waals surface area contributed by atoms with Crippen molar-refractivity contribution in [3.8, 4) is 0 Å². The molecule has 9 heavy (non-hydrogen) atoms. The van der Waals surface area contributed by atoms with E-state index in [1.54, 1.807) is 0 Å². The summed E-state index contributed by atoms with van der Waals surface area (Å²) in [6.45, 7) is 5.75. The molecule has 0 bridgehead atoms. The van der Waals surface area contributed by atoms with Crippen LogP contribution in [-0.4, -0.2) is 30.8 Å². The van der Waals surface area contributed by atoms with Crippen LogP contribution >= 0.6 is 12.6 Å². The fourth-order valence-corrected chi connectivity index (χ4v) is 0.794. The smallest absolute Gasteiger partial charge is 0.0157 e. The molecular weight excluding hydrogens is 130 g/mol. The highest BCUT2D eigenvalue weighted by molar-refractivity contribution is 7.80. The van der Waals surface area contributed by atoms with Gasteiger partial charge in [-0.25, -0.2) is 0 Å². The second kappa shape index (κ2) is 6.17. The molecule has 0 saturated carbocycles. The van der Waals surface area contributed by atoms with Crippen LogP contribution in [0.4, 0.5) is 0 Å². The Kier molecular flexibility index (Phi) is 6.21. The SMILES string of the molecule is C=CCN(C)CCCS. The Bertz CT molecular complexity index is 73.3. The lowest BCUT2D eigenvalue weighted by Crippen LogP contribution is -2.19. The molecule has 0 spiro atoms. The van der Waals surface area contributed by atoms with E-state index >= 15 is 0 Å². The fraction of sp³-hybridized carbons (Fsp3) is 0.714. The van der Waals surface area contributed by atoms with Crippen molar-refractivity contribution in [2.75, 3.05) is 25.9 Å². The molecule has 0 aromatic rings. The molecule has 0 heterocycles. The molecule has 0 aliphatic rings. The first-order chi connectivity index (χ1) is 4.31. The standard InChI is InChI=1S/C7H15NS/c1-3-5-8(2)6-4-7-9/h3,9H,1,4-7H2,2H3. The van der Waals surface area contributed by atoms with Gasteiger partial charge in [0.25, 0.3) is 0 Å². The summed E-state index contributed by atoms with van der Waals surface area (Å²) in [4.78, 5) is 2.23. The molecule has 0 saturated heterocycles. The van der Waals surface area contributed by atoms with Crippen LogP contribution in [0.1, 0.15) is 6.42 Å². The average molecular weight is 145 g/mol. The van der Waals surface area contributed by atoms with E-state index in [9.17, 15) is 0 Å². The minimum absolute atomic E-state index is 0.974. The predicted molar refractivity (Wildman–Crippen MR) is 46.2 cm³/mol. The summed E-state index contributed by atoms with van der Waals surface area (Å²) >= 11 is 4.11. The molecule has 0 N–H and O–H groups in total. The molecule has 0 atom stereocenters. The van der Waals surface area contributed by atoms with Crippen LogP contribution in [-0.2, 0) is 0 Å². The zero-order valence-electron chi connectivity index (χ0n) is 6.01. The van der Waals surface area contributed by atoms with E-state index in [4.69, 9.17) is 0 Å². The number of hydrogen-bond donors (Lipinski definition) is 1. The van der Waals surface area contributed by atoms with E-state index in [-0.39, 0.29) is 0 Å². The van der Waals surface area contributed by atoms with E-state index in [1.807, 2.05) is 6.08 Å². The van der Waals surface area contributed by atoms with Crippen LogP contribution in [0.2, 0.25) is 0 Å². The number of nitrogens with zero attached hydrogens (tertiary/aromatic N) is 1. The van der Waals surface area contributed by atoms with Gasteiger partial charge in [0, 0.05) is 6.54 Å². The van der Waals surface area contributed by atoms with Gasteiger partial charge >= 0.3 is 0 Å². The van der Waals surface area contributed by atoms with Gasteiger partial charge in [-0.05, 0) is 25.8 Å². The monoisotopic (exact) mass is 145 g/mol. The summed E-state index contributed by atoms with van der Waals surface area (Å²) in [5, 5.41) is 0. The molecule has 2 heteroatoms. The predicted octanol–water partition coefficient (Wildman–Crippen LogP) is 1.42. The fourth-order valence-electron chi connectivity index (χ4n) is 0.652. The Hall–Kier alpha value is 0.0500. The van der Waals surface area contributed by atoms with Crippen LogP contribution in [0.3, 0.4) is 0 Å². The third kappa shape index (κ3) is 5.93. The zero-order valence-corrected chi connectivity index (χ0v) is 6.90. The first-order valence-electron chi connectivity index (χ1n) is 3.21. The lowest BCUT2D eigenvalue weighted by atomic mass is 10.4. The Morgan fingerprint density at radius 3 is 2.78 bits per heavy atom. The van der Waals surface area contributed by atoms with Gasteiger partial charge in [-0.1, -0.05) is 6.08 Å². The van der Waals surface area contributed by atoms with E-state index < -0.39 is 0 Å². The molecule has 0 aliphatic heterocycles. The number of hydrogen-bond acceptors (Lipinski definition) is 2. The quantitative estimate of drug-likeness (QED) is 0.452. The van der Waals surface area contributed by atoms with Crippen LogP contribution in [0.5, 0.6) is 0 Å². The van der Waals surface area contributed by atoms with E-state index in [1.165, 1.54) is 0 Å². The number of rotatable bonds is 5. The molecular formula is C7H15NS. The Labute approximate surface area is 63.2 Å². The average Bonchev–Trinajstić information content (AvgIpc) is 1.85. The summed E-state index contributed by atoms with van der Waals surface area (Å²) in [7, 11) is 2.09. The van der Waals surface area contributed by atoms with Gasteiger partial charge in [-0.15, -0.1) is 6.58 Å². The van der Waals surface area contributed by atoms with Gasteiger partial charge in [0.05, 0.1) is 0 Å². The van der Waals surface area contributed by atoms with E-state index in [0.29, 0.717) is 0 Å². The van der Waals surface area contributed by atoms with Crippen molar-refractivity contribution in [3.05, 3.63) is 12.7 Å². The van der Waals surface area contributed by atoms with Crippen LogP contribution in [0, 0.1) is 0 Å². The Balaban J connectivity index is 3.04. The molecule has 54 valence electrons. The summed E-state index contributed by atoms with van der Waals surface area (Å²) in [5.41, 5.74) is 0. The van der Waals surface area contributed by atoms with E-state index in [2.05, 4.69) is 31.2 Å². The third-order valence-corrected chi connectivity index (χ3v) is 1.45. The van der Waals surface area contributed by atoms with Gasteiger partial charge in [0.15, 0.2) is 0 Å². The molecule has 1 nitrogen and oxygen atoms in total. The molecule has 0 aromatic carbocycles. The van der Waals surface area contributed by atoms with Gasteiger partial charge in [-0.3, -0.25) is 0 Å². The van der Waals surface area contributed by atoms with Gasteiger partial charge in [0.2, 0.25) is 0 Å². The normalized spacial score (nSPS) is 10.1. The van der Waals surface area contributed by atoms with Gasteiger partial charge in [0.1, 0.15) is 0 Å². The maximum absolute atomic E-state index is 4.11. The lowest BCUT2D eigenvalue weighted by Gasteiger charge is -2.11. The van der Waals surface area contributed by atoms with Crippen molar-refractivity contribution in [2.24, 2.45) is 0 Å². The maximum Gasteiger partial charge on any atom is 0.0157 e. The topological polar surface area (TPSA) is 3.24 Å². The van der Waals surface area contributed by atoms with Crippen LogP contribution < -0.4 is 0 Å². The largest absolute Gasteiger partial charge is 0.303 e. The molecule has 0 rings (SSSR count).